The van der Waals surface area contributed by atoms with Crippen LogP contribution in [0.15, 0.2) is 48.5 Å². The fraction of sp³-hybridized carbons (Fsp3) is 0.348. The lowest BCUT2D eigenvalue weighted by atomic mass is 10.1. The molecule has 8 heteroatoms. The highest BCUT2D eigenvalue weighted by atomic mass is 35.5. The fourth-order valence-corrected chi connectivity index (χ4v) is 4.34. The number of amides is 3. The van der Waals surface area contributed by atoms with Crippen LogP contribution in [0.2, 0.25) is 5.02 Å². The molecule has 2 heterocycles. The molecule has 2 aromatic rings. The fourth-order valence-electron chi connectivity index (χ4n) is 4.18. The van der Waals surface area contributed by atoms with Gasteiger partial charge >= 0.3 is 0 Å². The molecule has 0 N–H and O–H groups in total. The zero-order valence-corrected chi connectivity index (χ0v) is 18.0. The zero-order valence-electron chi connectivity index (χ0n) is 17.3. The van der Waals surface area contributed by atoms with E-state index in [0.717, 1.165) is 5.56 Å². The van der Waals surface area contributed by atoms with E-state index in [1.807, 2.05) is 30.3 Å². The normalized spacial score (nSPS) is 19.2. The molecule has 0 aliphatic carbocycles. The third-order valence-corrected chi connectivity index (χ3v) is 6.04. The highest BCUT2D eigenvalue weighted by Crippen LogP contribution is 2.26. The largest absolute Gasteiger partial charge is 0.496 e. The van der Waals surface area contributed by atoms with Gasteiger partial charge in [0.15, 0.2) is 0 Å². The summed E-state index contributed by atoms with van der Waals surface area (Å²) in [5.74, 6) is 0.0517. The first-order valence-corrected chi connectivity index (χ1v) is 10.6. The summed E-state index contributed by atoms with van der Waals surface area (Å²) in [4.78, 5) is 44.0. The Morgan fingerprint density at radius 3 is 2.61 bits per heavy atom. The van der Waals surface area contributed by atoms with Crippen LogP contribution in [0, 0.1) is 0 Å². The van der Waals surface area contributed by atoms with Crippen molar-refractivity contribution in [1.82, 2.24) is 14.7 Å². The van der Waals surface area contributed by atoms with Gasteiger partial charge in [-0.2, -0.15) is 0 Å². The molecule has 3 amide bonds. The van der Waals surface area contributed by atoms with Gasteiger partial charge in [0.1, 0.15) is 18.3 Å². The van der Waals surface area contributed by atoms with Crippen LogP contribution in [0.4, 0.5) is 0 Å². The summed E-state index contributed by atoms with van der Waals surface area (Å²) in [5.41, 5.74) is 1.40. The van der Waals surface area contributed by atoms with Crippen LogP contribution in [0.5, 0.6) is 5.75 Å². The van der Waals surface area contributed by atoms with Gasteiger partial charge in [-0.05, 0) is 30.2 Å². The van der Waals surface area contributed by atoms with E-state index in [-0.39, 0.29) is 24.3 Å². The predicted molar refractivity (Wildman–Crippen MR) is 116 cm³/mol. The van der Waals surface area contributed by atoms with Crippen molar-refractivity contribution in [2.45, 2.75) is 19.0 Å². The lowest BCUT2D eigenvalue weighted by Crippen LogP contribution is -2.59. The Labute approximate surface area is 186 Å². The van der Waals surface area contributed by atoms with Gasteiger partial charge in [-0.3, -0.25) is 14.4 Å². The first-order valence-electron chi connectivity index (χ1n) is 10.2. The molecule has 0 spiro atoms. The number of carbonyl (C=O) groups excluding carboxylic acids is 3. The van der Waals surface area contributed by atoms with Crippen molar-refractivity contribution in [3.63, 3.8) is 0 Å². The van der Waals surface area contributed by atoms with Crippen molar-refractivity contribution in [3.05, 3.63) is 64.7 Å². The SMILES string of the molecule is COc1cc(Cl)ccc1C(=O)N1CCC2C(=O)N(Cc3ccccc3)CC(=O)N2CC1. The maximum Gasteiger partial charge on any atom is 0.257 e. The molecule has 1 unspecified atom stereocenters. The van der Waals surface area contributed by atoms with Crippen molar-refractivity contribution in [1.29, 1.82) is 0 Å². The van der Waals surface area contributed by atoms with Crippen LogP contribution in [0.1, 0.15) is 22.3 Å². The number of carbonyl (C=O) groups is 3. The summed E-state index contributed by atoms with van der Waals surface area (Å²) >= 11 is 6.01. The first kappa shape index (κ1) is 21.2. The Morgan fingerprint density at radius 2 is 1.87 bits per heavy atom. The Hall–Kier alpha value is -3.06. The number of hydrogen-bond donors (Lipinski definition) is 0. The van der Waals surface area contributed by atoms with E-state index in [1.165, 1.54) is 7.11 Å². The molecule has 2 fully saturated rings. The molecule has 0 aromatic heterocycles. The maximum absolute atomic E-state index is 13.1. The smallest absolute Gasteiger partial charge is 0.257 e. The van der Waals surface area contributed by atoms with Crippen molar-refractivity contribution in [3.8, 4) is 5.75 Å². The molecule has 7 nitrogen and oxygen atoms in total. The molecule has 31 heavy (non-hydrogen) atoms. The van der Waals surface area contributed by atoms with Crippen LogP contribution < -0.4 is 4.74 Å². The number of methoxy groups -OCH3 is 1. The van der Waals surface area contributed by atoms with Gasteiger partial charge in [0, 0.05) is 31.2 Å². The molecule has 2 aromatic carbocycles. The van der Waals surface area contributed by atoms with E-state index < -0.39 is 6.04 Å². The summed E-state index contributed by atoms with van der Waals surface area (Å²) < 4.78 is 5.31. The Balaban J connectivity index is 1.49. The number of halogens is 1. The highest BCUT2D eigenvalue weighted by Gasteiger charge is 2.41. The van der Waals surface area contributed by atoms with Gasteiger partial charge in [-0.1, -0.05) is 41.9 Å². The zero-order chi connectivity index (χ0) is 22.0. The van der Waals surface area contributed by atoms with Crippen LogP contribution in [-0.2, 0) is 16.1 Å². The number of nitrogens with zero attached hydrogens (tertiary/aromatic N) is 3. The standard InChI is InChI=1S/C23H24ClN3O4/c1-31-20-13-17(24)7-8-18(20)22(29)25-10-9-19-23(30)26(14-16-5-3-2-4-6-16)15-21(28)27(19)12-11-25/h2-8,13,19H,9-12,14-15H2,1H3. The third-order valence-electron chi connectivity index (χ3n) is 5.80. The number of ether oxygens (including phenoxy) is 1. The molecule has 162 valence electrons. The third kappa shape index (κ3) is 4.37. The average Bonchev–Trinajstić information content (AvgIpc) is 3.01. The quantitative estimate of drug-likeness (QED) is 0.730. The highest BCUT2D eigenvalue weighted by molar-refractivity contribution is 6.30. The van der Waals surface area contributed by atoms with Gasteiger partial charge in [-0.25, -0.2) is 0 Å². The van der Waals surface area contributed by atoms with Crippen LogP contribution in [-0.4, -0.2) is 71.8 Å². The molecule has 0 radical (unpaired) electrons. The summed E-state index contributed by atoms with van der Waals surface area (Å²) in [6.07, 6.45) is 0.400. The lowest BCUT2D eigenvalue weighted by molar-refractivity contribution is -0.156. The first-order chi connectivity index (χ1) is 15.0. The summed E-state index contributed by atoms with van der Waals surface area (Å²) in [7, 11) is 1.49. The van der Waals surface area contributed by atoms with Gasteiger partial charge in [0.05, 0.1) is 12.7 Å². The second kappa shape index (κ2) is 8.98. The van der Waals surface area contributed by atoms with Crippen molar-refractivity contribution in [2.75, 3.05) is 33.3 Å². The molecular weight excluding hydrogens is 418 g/mol. The second-order valence-electron chi connectivity index (χ2n) is 7.71. The van der Waals surface area contributed by atoms with Crippen LogP contribution in [0.3, 0.4) is 0 Å². The maximum atomic E-state index is 13.1. The molecule has 4 rings (SSSR count). The van der Waals surface area contributed by atoms with Crippen LogP contribution >= 0.6 is 11.6 Å². The lowest BCUT2D eigenvalue weighted by Gasteiger charge is -2.39. The van der Waals surface area contributed by atoms with E-state index in [4.69, 9.17) is 16.3 Å². The molecule has 2 saturated heterocycles. The molecule has 0 saturated carbocycles. The Morgan fingerprint density at radius 1 is 1.10 bits per heavy atom. The summed E-state index contributed by atoms with van der Waals surface area (Å²) in [6.45, 7) is 1.53. The predicted octanol–water partition coefficient (Wildman–Crippen LogP) is 2.43. The minimum Gasteiger partial charge on any atom is -0.496 e. The van der Waals surface area contributed by atoms with Crippen molar-refractivity contribution < 1.29 is 19.1 Å². The van der Waals surface area contributed by atoms with Crippen molar-refractivity contribution >= 4 is 29.3 Å². The molecule has 0 bridgehead atoms. The average molecular weight is 442 g/mol. The Bertz CT molecular complexity index is 998. The number of fused-ring (bicyclic) bond motifs is 1. The molecule has 2 aliphatic rings. The van der Waals surface area contributed by atoms with E-state index in [9.17, 15) is 14.4 Å². The van der Waals surface area contributed by atoms with E-state index in [2.05, 4.69) is 0 Å². The summed E-state index contributed by atoms with van der Waals surface area (Å²) in [6, 6.07) is 14.0. The minimum atomic E-state index is -0.546. The molecular formula is C23H24ClN3O4. The van der Waals surface area contributed by atoms with E-state index >= 15 is 0 Å². The van der Waals surface area contributed by atoms with Gasteiger partial charge in [0.25, 0.3) is 5.91 Å². The number of hydrogen-bond acceptors (Lipinski definition) is 4. The Kier molecular flexibility index (Phi) is 6.13. The number of piperazine rings is 1. The van der Waals surface area contributed by atoms with Gasteiger partial charge in [0.2, 0.25) is 11.8 Å². The van der Waals surface area contributed by atoms with Crippen LogP contribution in [0.25, 0.3) is 0 Å². The summed E-state index contributed by atoms with van der Waals surface area (Å²) in [5, 5.41) is 0.482. The second-order valence-corrected chi connectivity index (χ2v) is 8.14. The monoisotopic (exact) mass is 441 g/mol. The van der Waals surface area contributed by atoms with Gasteiger partial charge < -0.3 is 19.4 Å². The minimum absolute atomic E-state index is 0.0587. The number of benzene rings is 2. The van der Waals surface area contributed by atoms with E-state index in [1.54, 1.807) is 32.9 Å². The molecule has 1 atom stereocenters. The van der Waals surface area contributed by atoms with Crippen molar-refractivity contribution in [2.24, 2.45) is 0 Å². The molecule has 2 aliphatic heterocycles. The topological polar surface area (TPSA) is 70.2 Å². The van der Waals surface area contributed by atoms with E-state index in [0.29, 0.717) is 48.9 Å². The number of rotatable bonds is 4. The van der Waals surface area contributed by atoms with Gasteiger partial charge in [-0.15, -0.1) is 0 Å².